The molecule has 36 heavy (non-hydrogen) atoms. The fourth-order valence-corrected chi connectivity index (χ4v) is 6.62. The van der Waals surface area contributed by atoms with Crippen LogP contribution in [0.4, 0.5) is 0 Å². The zero-order chi connectivity index (χ0) is 25.1. The van der Waals surface area contributed by atoms with Gasteiger partial charge in [-0.05, 0) is 71.9 Å². The molecule has 0 aliphatic heterocycles. The smallest absolute Gasteiger partial charge is 0.307 e. The molecule has 1 aliphatic rings. The van der Waals surface area contributed by atoms with E-state index in [4.69, 9.17) is 11.6 Å². The van der Waals surface area contributed by atoms with Gasteiger partial charge in [0.05, 0.1) is 17.8 Å². The summed E-state index contributed by atoms with van der Waals surface area (Å²) in [7, 11) is 0. The number of carboxylic acid groups (broad SMARTS) is 1. The number of hydrogen-bond donors (Lipinski definition) is 1. The number of rotatable bonds is 8. The fraction of sp³-hybridized carbons (Fsp3) is 0.286. The fourth-order valence-electron chi connectivity index (χ4n) is 4.99. The largest absolute Gasteiger partial charge is 0.481 e. The maximum Gasteiger partial charge on any atom is 0.307 e. The number of carbonyl (C=O) groups is 1. The molecular weight excluding hydrogens is 494 g/mol. The maximum absolute atomic E-state index is 12.8. The van der Waals surface area contributed by atoms with Crippen LogP contribution >= 0.6 is 23.4 Å². The third kappa shape index (κ3) is 5.32. The van der Waals surface area contributed by atoms with E-state index in [1.807, 2.05) is 30.3 Å². The van der Waals surface area contributed by atoms with Crippen molar-refractivity contribution < 1.29 is 9.90 Å². The lowest BCUT2D eigenvalue weighted by atomic mass is 9.96. The Morgan fingerprint density at radius 1 is 1.00 bits per heavy atom. The number of hydrogen-bond acceptors (Lipinski definition) is 5. The molecule has 6 nitrogen and oxygen atoms in total. The molecule has 1 heterocycles. The Balaban J connectivity index is 1.20. The van der Waals surface area contributed by atoms with Crippen LogP contribution in [-0.4, -0.2) is 37.1 Å². The number of aromatic nitrogens is 3. The molecule has 0 radical (unpaired) electrons. The van der Waals surface area contributed by atoms with Crippen LogP contribution in [0.1, 0.15) is 18.4 Å². The van der Waals surface area contributed by atoms with E-state index in [2.05, 4.69) is 34.6 Å². The molecule has 0 bridgehead atoms. The Hall–Kier alpha value is -3.16. The van der Waals surface area contributed by atoms with Crippen LogP contribution in [-0.2, 0) is 17.8 Å². The number of halogens is 1. The first kappa shape index (κ1) is 24.5. The van der Waals surface area contributed by atoms with Gasteiger partial charge in [0.2, 0.25) is 0 Å². The third-order valence-corrected chi connectivity index (χ3v) is 8.56. The molecule has 3 atom stereocenters. The van der Waals surface area contributed by atoms with E-state index in [1.54, 1.807) is 30.0 Å². The van der Waals surface area contributed by atoms with Crippen LogP contribution in [0.15, 0.2) is 77.6 Å². The van der Waals surface area contributed by atoms with Crippen molar-refractivity contribution in [2.24, 2.45) is 11.8 Å². The predicted molar refractivity (Wildman–Crippen MR) is 144 cm³/mol. The van der Waals surface area contributed by atoms with Crippen molar-refractivity contribution in [1.82, 2.24) is 15.0 Å². The van der Waals surface area contributed by atoms with E-state index in [1.165, 1.54) is 10.2 Å². The Labute approximate surface area is 218 Å². The van der Waals surface area contributed by atoms with Gasteiger partial charge in [0.1, 0.15) is 5.52 Å². The molecule has 4 aromatic rings. The Morgan fingerprint density at radius 2 is 1.69 bits per heavy atom. The second-order valence-corrected chi connectivity index (χ2v) is 10.9. The number of benzene rings is 3. The molecule has 0 spiro atoms. The summed E-state index contributed by atoms with van der Waals surface area (Å²) in [6, 6.07) is 23.3. The molecule has 8 heteroatoms. The molecule has 1 N–H and O–H groups in total. The van der Waals surface area contributed by atoms with Crippen molar-refractivity contribution in [2.75, 3.05) is 5.75 Å². The first-order valence-corrected chi connectivity index (χ1v) is 13.4. The van der Waals surface area contributed by atoms with Gasteiger partial charge in [0.15, 0.2) is 0 Å². The first-order valence-electron chi connectivity index (χ1n) is 12.0. The van der Waals surface area contributed by atoms with Crippen molar-refractivity contribution >= 4 is 40.2 Å². The Bertz CT molecular complexity index is 1420. The zero-order valence-electron chi connectivity index (χ0n) is 19.6. The molecule has 0 unspecified atom stereocenters. The minimum Gasteiger partial charge on any atom is -0.481 e. The van der Waals surface area contributed by atoms with Gasteiger partial charge in [0, 0.05) is 10.3 Å². The third-order valence-electron chi connectivity index (χ3n) is 6.91. The molecule has 5 rings (SSSR count). The monoisotopic (exact) mass is 519 g/mol. The van der Waals surface area contributed by atoms with E-state index in [9.17, 15) is 14.7 Å². The summed E-state index contributed by atoms with van der Waals surface area (Å²) in [5, 5.41) is 19.5. The number of nitrogens with zero attached hydrogens (tertiary/aromatic N) is 3. The van der Waals surface area contributed by atoms with Gasteiger partial charge in [-0.3, -0.25) is 9.59 Å². The summed E-state index contributed by atoms with van der Waals surface area (Å²) in [4.78, 5) is 25.0. The van der Waals surface area contributed by atoms with E-state index >= 15 is 0 Å². The highest BCUT2D eigenvalue weighted by Gasteiger charge is 2.41. The number of carboxylic acids is 1. The minimum absolute atomic E-state index is 0.0185. The van der Waals surface area contributed by atoms with Crippen LogP contribution in [0.2, 0.25) is 5.02 Å². The molecule has 1 fully saturated rings. The number of thioether (sulfide) groups is 1. The highest BCUT2D eigenvalue weighted by atomic mass is 35.5. The topological polar surface area (TPSA) is 85.1 Å². The first-order chi connectivity index (χ1) is 17.5. The van der Waals surface area contributed by atoms with Gasteiger partial charge >= 0.3 is 5.97 Å². The SMILES string of the molecule is O=C(O)[C@H]1[C@H](Cn2nnc3ccccc3c2=O)CC[C@@H]1SCCc1ccc(-c2ccc(Cl)cc2)cc1. The molecule has 1 aromatic heterocycles. The van der Waals surface area contributed by atoms with Crippen molar-refractivity contribution in [1.29, 1.82) is 0 Å². The van der Waals surface area contributed by atoms with Crippen molar-refractivity contribution in [3.05, 3.63) is 93.7 Å². The lowest BCUT2D eigenvalue weighted by Gasteiger charge is -2.21. The standard InChI is InChI=1S/C28H26ClN3O3S/c29-22-12-9-20(10-13-22)19-7-5-18(6-8-19)15-16-36-25-14-11-21(26(25)28(34)35)17-32-27(33)23-3-1-2-4-24(23)30-31-32/h1-10,12-13,21,25-26H,11,14-17H2,(H,34,35)/t21-,25-,26-/m0/s1. The van der Waals surface area contributed by atoms with Crippen LogP contribution < -0.4 is 5.56 Å². The summed E-state index contributed by atoms with van der Waals surface area (Å²) in [6.07, 6.45) is 2.44. The van der Waals surface area contributed by atoms with Gasteiger partial charge in [-0.2, -0.15) is 11.8 Å². The van der Waals surface area contributed by atoms with E-state index in [0.29, 0.717) is 10.9 Å². The van der Waals surface area contributed by atoms with Crippen LogP contribution in [0.5, 0.6) is 0 Å². The average Bonchev–Trinajstić information content (AvgIpc) is 3.29. The summed E-state index contributed by atoms with van der Waals surface area (Å²) in [5.41, 5.74) is 3.81. The molecule has 1 saturated carbocycles. The van der Waals surface area contributed by atoms with Crippen molar-refractivity contribution in [2.45, 2.75) is 31.1 Å². The van der Waals surface area contributed by atoms with Crippen LogP contribution in [0.25, 0.3) is 22.0 Å². The van der Waals surface area contributed by atoms with Crippen LogP contribution in [0.3, 0.4) is 0 Å². The highest BCUT2D eigenvalue weighted by Crippen LogP contribution is 2.40. The normalized spacial score (nSPS) is 19.5. The Morgan fingerprint density at radius 3 is 2.42 bits per heavy atom. The average molecular weight is 520 g/mol. The van der Waals surface area contributed by atoms with Gasteiger partial charge in [0.25, 0.3) is 5.56 Å². The summed E-state index contributed by atoms with van der Waals surface area (Å²) < 4.78 is 1.33. The van der Waals surface area contributed by atoms with Crippen molar-refractivity contribution in [3.8, 4) is 11.1 Å². The Kier molecular flexibility index (Phi) is 7.39. The molecule has 184 valence electrons. The maximum atomic E-state index is 12.8. The lowest BCUT2D eigenvalue weighted by molar-refractivity contribution is -0.142. The zero-order valence-corrected chi connectivity index (χ0v) is 21.2. The highest BCUT2D eigenvalue weighted by molar-refractivity contribution is 7.99. The number of aryl methyl sites for hydroxylation is 1. The molecule has 1 aliphatic carbocycles. The summed E-state index contributed by atoms with van der Waals surface area (Å²) >= 11 is 7.70. The van der Waals surface area contributed by atoms with Gasteiger partial charge in [-0.15, -0.1) is 5.10 Å². The van der Waals surface area contributed by atoms with E-state index in [-0.39, 0.29) is 23.3 Å². The summed E-state index contributed by atoms with van der Waals surface area (Å²) in [5.74, 6) is -0.615. The molecule has 3 aromatic carbocycles. The molecule has 0 saturated heterocycles. The second-order valence-electron chi connectivity index (χ2n) is 9.16. The van der Waals surface area contributed by atoms with E-state index in [0.717, 1.165) is 41.2 Å². The van der Waals surface area contributed by atoms with Gasteiger partial charge in [-0.1, -0.05) is 65.3 Å². The van der Waals surface area contributed by atoms with Crippen molar-refractivity contribution in [3.63, 3.8) is 0 Å². The lowest BCUT2D eigenvalue weighted by Crippen LogP contribution is -2.33. The van der Waals surface area contributed by atoms with Gasteiger partial charge < -0.3 is 5.11 Å². The predicted octanol–water partition coefficient (Wildman–Crippen LogP) is 5.57. The van der Waals surface area contributed by atoms with Gasteiger partial charge in [-0.25, -0.2) is 4.68 Å². The minimum atomic E-state index is -0.802. The van der Waals surface area contributed by atoms with E-state index < -0.39 is 11.9 Å². The quantitative estimate of drug-likeness (QED) is 0.328. The second kappa shape index (κ2) is 10.8. The molecule has 0 amide bonds. The molecular formula is C28H26ClN3O3S. The van der Waals surface area contributed by atoms with Crippen LogP contribution in [0, 0.1) is 11.8 Å². The number of fused-ring (bicyclic) bond motifs is 1. The number of aliphatic carboxylic acids is 1. The summed E-state index contributed by atoms with van der Waals surface area (Å²) in [6.45, 7) is 0.275.